The number of carbonyl (C=O) groups excluding carboxylic acids is 1. The van der Waals surface area contributed by atoms with E-state index in [1.165, 1.54) is 0 Å². The van der Waals surface area contributed by atoms with Crippen LogP contribution in [0, 0.1) is 0 Å². The first-order valence-corrected chi connectivity index (χ1v) is 7.05. The lowest BCUT2D eigenvalue weighted by atomic mass is 10.0. The van der Waals surface area contributed by atoms with Gasteiger partial charge in [-0.3, -0.25) is 4.79 Å². The summed E-state index contributed by atoms with van der Waals surface area (Å²) in [4.78, 5) is 11.2. The van der Waals surface area contributed by atoms with Crippen LogP contribution in [0.4, 0.5) is 11.4 Å². The van der Waals surface area contributed by atoms with Gasteiger partial charge in [-0.15, -0.1) is 0 Å². The summed E-state index contributed by atoms with van der Waals surface area (Å²) in [6, 6.07) is 25.4. The monoisotopic (exact) mass is 288 g/mol. The van der Waals surface area contributed by atoms with E-state index in [-0.39, 0.29) is 0 Å². The smallest absolute Gasteiger partial charge is 0.248 e. The number of primary amides is 1. The molecular weight excluding hydrogens is 272 g/mol. The fraction of sp³-hybridized carbons (Fsp3) is 0. The molecule has 108 valence electrons. The molecule has 0 aliphatic carbocycles. The Morgan fingerprint density at radius 1 is 0.773 bits per heavy atom. The van der Waals surface area contributed by atoms with Crippen molar-refractivity contribution in [3.05, 3.63) is 84.4 Å². The van der Waals surface area contributed by atoms with Crippen molar-refractivity contribution in [1.29, 1.82) is 0 Å². The zero-order chi connectivity index (χ0) is 15.4. The van der Waals surface area contributed by atoms with Crippen molar-refractivity contribution in [3.63, 3.8) is 0 Å². The molecule has 3 nitrogen and oxygen atoms in total. The largest absolute Gasteiger partial charge is 0.366 e. The Kier molecular flexibility index (Phi) is 3.88. The molecule has 0 aliphatic rings. The van der Waals surface area contributed by atoms with Crippen LogP contribution < -0.4 is 11.1 Å². The summed E-state index contributed by atoms with van der Waals surface area (Å²) in [5.74, 6) is -0.415. The first-order valence-electron chi connectivity index (χ1n) is 7.05. The van der Waals surface area contributed by atoms with E-state index in [0.29, 0.717) is 5.56 Å². The average Bonchev–Trinajstić information content (AvgIpc) is 2.56. The molecule has 0 bridgehead atoms. The second-order valence-corrected chi connectivity index (χ2v) is 4.98. The third kappa shape index (κ3) is 2.99. The van der Waals surface area contributed by atoms with Crippen LogP contribution in [-0.2, 0) is 0 Å². The molecule has 3 aromatic carbocycles. The van der Waals surface area contributed by atoms with Crippen LogP contribution in [0.1, 0.15) is 10.4 Å². The zero-order valence-corrected chi connectivity index (χ0v) is 12.0. The third-order valence-electron chi connectivity index (χ3n) is 3.46. The van der Waals surface area contributed by atoms with E-state index in [2.05, 4.69) is 5.32 Å². The standard InChI is InChI=1S/C19H16N2O/c20-19(22)15-12-10-14(11-13-15)17-8-4-5-9-18(17)21-16-6-2-1-3-7-16/h1-13,21H,(H2,20,22). The maximum atomic E-state index is 11.2. The van der Waals surface area contributed by atoms with Crippen molar-refractivity contribution < 1.29 is 4.79 Å². The van der Waals surface area contributed by atoms with E-state index in [1.807, 2.05) is 66.7 Å². The van der Waals surface area contributed by atoms with E-state index in [0.717, 1.165) is 22.5 Å². The summed E-state index contributed by atoms with van der Waals surface area (Å²) < 4.78 is 0. The van der Waals surface area contributed by atoms with E-state index in [9.17, 15) is 4.79 Å². The predicted octanol–water partition coefficient (Wildman–Crippen LogP) is 4.20. The summed E-state index contributed by atoms with van der Waals surface area (Å²) in [5, 5.41) is 3.42. The Balaban J connectivity index is 1.95. The van der Waals surface area contributed by atoms with Crippen LogP contribution in [0.15, 0.2) is 78.9 Å². The lowest BCUT2D eigenvalue weighted by Crippen LogP contribution is -2.10. The van der Waals surface area contributed by atoms with Gasteiger partial charge in [0.05, 0.1) is 0 Å². The van der Waals surface area contributed by atoms with Gasteiger partial charge in [-0.25, -0.2) is 0 Å². The van der Waals surface area contributed by atoms with Crippen molar-refractivity contribution in [2.24, 2.45) is 5.73 Å². The average molecular weight is 288 g/mol. The number of hydrogen-bond acceptors (Lipinski definition) is 2. The van der Waals surface area contributed by atoms with E-state index in [4.69, 9.17) is 5.73 Å². The number of amides is 1. The number of nitrogens with two attached hydrogens (primary N) is 1. The van der Waals surface area contributed by atoms with Gasteiger partial charge in [0.25, 0.3) is 0 Å². The highest BCUT2D eigenvalue weighted by Crippen LogP contribution is 2.30. The minimum absolute atomic E-state index is 0.415. The van der Waals surface area contributed by atoms with Crippen LogP contribution in [0.5, 0.6) is 0 Å². The summed E-state index contributed by atoms with van der Waals surface area (Å²) in [5.41, 5.74) is 9.94. The molecule has 0 unspecified atom stereocenters. The van der Waals surface area contributed by atoms with Crippen LogP contribution in [-0.4, -0.2) is 5.91 Å². The van der Waals surface area contributed by atoms with Gasteiger partial charge in [0.1, 0.15) is 0 Å². The number of nitrogens with one attached hydrogen (secondary N) is 1. The molecule has 3 N–H and O–H groups in total. The van der Waals surface area contributed by atoms with Gasteiger partial charge in [-0.1, -0.05) is 48.5 Å². The maximum absolute atomic E-state index is 11.2. The fourth-order valence-electron chi connectivity index (χ4n) is 2.33. The fourth-order valence-corrected chi connectivity index (χ4v) is 2.33. The third-order valence-corrected chi connectivity index (χ3v) is 3.46. The highest BCUT2D eigenvalue weighted by Gasteiger charge is 2.06. The summed E-state index contributed by atoms with van der Waals surface area (Å²) >= 11 is 0. The van der Waals surface area contributed by atoms with Crippen molar-refractivity contribution in [2.45, 2.75) is 0 Å². The van der Waals surface area contributed by atoms with Crippen LogP contribution in [0.3, 0.4) is 0 Å². The SMILES string of the molecule is NC(=O)c1ccc(-c2ccccc2Nc2ccccc2)cc1. The molecule has 0 saturated carbocycles. The van der Waals surface area contributed by atoms with Gasteiger partial charge in [-0.2, -0.15) is 0 Å². The van der Waals surface area contributed by atoms with Crippen LogP contribution >= 0.6 is 0 Å². The normalized spacial score (nSPS) is 10.2. The topological polar surface area (TPSA) is 55.1 Å². The van der Waals surface area contributed by atoms with Crippen molar-refractivity contribution in [3.8, 4) is 11.1 Å². The molecule has 0 aromatic heterocycles. The number of rotatable bonds is 4. The molecule has 0 spiro atoms. The predicted molar refractivity (Wildman–Crippen MR) is 90.1 cm³/mol. The van der Waals surface area contributed by atoms with Gasteiger partial charge in [0, 0.05) is 22.5 Å². The second-order valence-electron chi connectivity index (χ2n) is 4.98. The van der Waals surface area contributed by atoms with Crippen molar-refractivity contribution in [1.82, 2.24) is 0 Å². The summed E-state index contributed by atoms with van der Waals surface area (Å²) in [7, 11) is 0. The number of para-hydroxylation sites is 2. The Morgan fingerprint density at radius 2 is 1.41 bits per heavy atom. The van der Waals surface area contributed by atoms with Crippen molar-refractivity contribution in [2.75, 3.05) is 5.32 Å². The maximum Gasteiger partial charge on any atom is 0.248 e. The first kappa shape index (κ1) is 13.9. The van der Waals surface area contributed by atoms with E-state index in [1.54, 1.807) is 12.1 Å². The molecule has 0 fully saturated rings. The van der Waals surface area contributed by atoms with Crippen molar-refractivity contribution >= 4 is 17.3 Å². The molecule has 22 heavy (non-hydrogen) atoms. The van der Waals surface area contributed by atoms with Gasteiger partial charge in [-0.05, 0) is 35.9 Å². The van der Waals surface area contributed by atoms with Crippen LogP contribution in [0.25, 0.3) is 11.1 Å². The molecule has 0 radical (unpaired) electrons. The molecular formula is C19H16N2O. The minimum atomic E-state index is -0.415. The Labute approximate surface area is 129 Å². The molecule has 0 saturated heterocycles. The summed E-state index contributed by atoms with van der Waals surface area (Å²) in [6.45, 7) is 0. The number of hydrogen-bond donors (Lipinski definition) is 2. The van der Waals surface area contributed by atoms with Gasteiger partial charge in [0.15, 0.2) is 0 Å². The highest BCUT2D eigenvalue weighted by molar-refractivity contribution is 5.93. The molecule has 1 amide bonds. The lowest BCUT2D eigenvalue weighted by molar-refractivity contribution is 0.100. The molecule has 0 atom stereocenters. The molecule has 0 heterocycles. The van der Waals surface area contributed by atoms with E-state index < -0.39 is 5.91 Å². The Morgan fingerprint density at radius 3 is 2.09 bits per heavy atom. The molecule has 3 heteroatoms. The Hall–Kier alpha value is -3.07. The summed E-state index contributed by atoms with van der Waals surface area (Å²) in [6.07, 6.45) is 0. The molecule has 3 rings (SSSR count). The van der Waals surface area contributed by atoms with Crippen LogP contribution in [0.2, 0.25) is 0 Å². The van der Waals surface area contributed by atoms with Gasteiger partial charge < -0.3 is 11.1 Å². The van der Waals surface area contributed by atoms with Gasteiger partial charge >= 0.3 is 0 Å². The number of benzene rings is 3. The second kappa shape index (κ2) is 6.14. The number of anilines is 2. The molecule has 0 aliphatic heterocycles. The minimum Gasteiger partial charge on any atom is -0.366 e. The Bertz CT molecular complexity index is 780. The molecule has 3 aromatic rings. The van der Waals surface area contributed by atoms with E-state index >= 15 is 0 Å². The number of carbonyl (C=O) groups is 1. The highest BCUT2D eigenvalue weighted by atomic mass is 16.1. The quantitative estimate of drug-likeness (QED) is 0.756. The lowest BCUT2D eigenvalue weighted by Gasteiger charge is -2.12. The first-order chi connectivity index (χ1) is 10.7. The zero-order valence-electron chi connectivity index (χ0n) is 12.0. The van der Waals surface area contributed by atoms with Gasteiger partial charge in [0.2, 0.25) is 5.91 Å².